The topological polar surface area (TPSA) is 52.2 Å². The Hall–Kier alpha value is -5.10. The lowest BCUT2D eigenvalue weighted by atomic mass is 9.96. The largest absolute Gasteiger partial charge is 0.355 e. The van der Waals surface area contributed by atoms with Crippen molar-refractivity contribution in [1.82, 2.24) is 0 Å². The summed E-state index contributed by atoms with van der Waals surface area (Å²) in [4.78, 5) is 3.51. The van der Waals surface area contributed by atoms with Gasteiger partial charge in [0.25, 0.3) is 0 Å². The van der Waals surface area contributed by atoms with Gasteiger partial charge in [0.05, 0.1) is 26.3 Å². The third-order valence-corrected chi connectivity index (χ3v) is 8.86. The highest BCUT2D eigenvalue weighted by molar-refractivity contribution is 6.90. The van der Waals surface area contributed by atoms with Crippen LogP contribution >= 0.6 is 0 Å². The minimum absolute atomic E-state index is 0.626. The zero-order valence-corrected chi connectivity index (χ0v) is 23.9. The third-order valence-electron chi connectivity index (χ3n) is 6.82. The standard InChI is InChI=1S/C35H30N4Si/c1-37-26-20-22-28(23-21-26)39-34-15-8-6-11-30(34)32-13-9-12-31(35(32)40(2,3)4)29-10-5-7-14-33(29)38-27-18-16-25(24-36)17-19-27/h5-23,38-39H,2-4H3. The van der Waals surface area contributed by atoms with Crippen LogP contribution in [-0.2, 0) is 0 Å². The maximum Gasteiger partial charge on any atom is 0.187 e. The predicted octanol–water partition coefficient (Wildman–Crippen LogP) is 9.48. The molecule has 0 aliphatic heterocycles. The van der Waals surface area contributed by atoms with Gasteiger partial charge in [-0.3, -0.25) is 0 Å². The van der Waals surface area contributed by atoms with Crippen molar-refractivity contribution < 1.29 is 0 Å². The summed E-state index contributed by atoms with van der Waals surface area (Å²) in [5.74, 6) is 0. The van der Waals surface area contributed by atoms with Gasteiger partial charge >= 0.3 is 0 Å². The van der Waals surface area contributed by atoms with E-state index < -0.39 is 8.07 Å². The number of benzene rings is 5. The average Bonchev–Trinajstić information content (AvgIpc) is 2.98. The fourth-order valence-corrected chi connectivity index (χ4v) is 7.07. The Morgan fingerprint density at radius 3 is 1.50 bits per heavy atom. The van der Waals surface area contributed by atoms with Crippen LogP contribution in [0.15, 0.2) is 115 Å². The number of anilines is 4. The summed E-state index contributed by atoms with van der Waals surface area (Å²) in [6.07, 6.45) is 0. The molecule has 0 amide bonds. The summed E-state index contributed by atoms with van der Waals surface area (Å²) < 4.78 is 0. The molecule has 0 heterocycles. The van der Waals surface area contributed by atoms with E-state index >= 15 is 0 Å². The summed E-state index contributed by atoms with van der Waals surface area (Å²) in [6, 6.07) is 40.8. The maximum atomic E-state index is 9.18. The van der Waals surface area contributed by atoms with Gasteiger partial charge in [-0.25, -0.2) is 4.85 Å². The van der Waals surface area contributed by atoms with Gasteiger partial charge in [-0.05, 0) is 64.8 Å². The Balaban J connectivity index is 1.62. The first-order valence-corrected chi connectivity index (χ1v) is 16.7. The molecule has 5 aromatic carbocycles. The molecular weight excluding hydrogens is 504 g/mol. The number of rotatable bonds is 7. The van der Waals surface area contributed by atoms with Gasteiger partial charge < -0.3 is 10.6 Å². The van der Waals surface area contributed by atoms with Crippen molar-refractivity contribution in [1.29, 1.82) is 5.26 Å². The van der Waals surface area contributed by atoms with E-state index in [1.165, 1.54) is 16.3 Å². The summed E-state index contributed by atoms with van der Waals surface area (Å²) in [6.45, 7) is 14.4. The Morgan fingerprint density at radius 1 is 0.600 bits per heavy atom. The second kappa shape index (κ2) is 11.3. The molecule has 0 aromatic heterocycles. The molecule has 194 valence electrons. The van der Waals surface area contributed by atoms with E-state index in [0.29, 0.717) is 11.3 Å². The van der Waals surface area contributed by atoms with Crippen molar-refractivity contribution in [3.63, 3.8) is 0 Å². The molecule has 0 atom stereocenters. The Labute approximate surface area is 237 Å². The van der Waals surface area contributed by atoms with E-state index in [1.807, 2.05) is 60.7 Å². The van der Waals surface area contributed by atoms with E-state index in [9.17, 15) is 5.26 Å². The average molecular weight is 535 g/mol. The summed E-state index contributed by atoms with van der Waals surface area (Å²) in [7, 11) is -1.87. The van der Waals surface area contributed by atoms with E-state index in [4.69, 9.17) is 6.57 Å². The second-order valence-corrected chi connectivity index (χ2v) is 15.7. The highest BCUT2D eigenvalue weighted by atomic mass is 28.3. The zero-order valence-electron chi connectivity index (χ0n) is 22.9. The fraction of sp³-hybridized carbons (Fsp3) is 0.0857. The SMILES string of the molecule is [C-]#[N+]c1ccc(Nc2ccccc2-c2cccc(-c3ccccc3Nc3ccc(C#N)cc3)c2[Si](C)(C)C)cc1. The monoisotopic (exact) mass is 534 g/mol. The van der Waals surface area contributed by atoms with Crippen molar-refractivity contribution in [2.75, 3.05) is 10.6 Å². The zero-order chi connectivity index (χ0) is 28.1. The molecule has 0 bridgehead atoms. The maximum absolute atomic E-state index is 9.18. The molecule has 40 heavy (non-hydrogen) atoms. The molecule has 5 rings (SSSR count). The number of nitriles is 1. The number of nitrogens with one attached hydrogen (secondary N) is 2. The van der Waals surface area contributed by atoms with E-state index in [1.54, 1.807) is 0 Å². The lowest BCUT2D eigenvalue weighted by molar-refractivity contribution is 1.47. The molecule has 0 aliphatic carbocycles. The molecule has 5 aromatic rings. The molecule has 4 nitrogen and oxygen atoms in total. The van der Waals surface area contributed by atoms with Gasteiger partial charge in [-0.1, -0.05) is 86.4 Å². The van der Waals surface area contributed by atoms with Crippen LogP contribution in [0.5, 0.6) is 0 Å². The van der Waals surface area contributed by atoms with Gasteiger partial charge in [0, 0.05) is 33.9 Å². The Morgan fingerprint density at radius 2 is 1.05 bits per heavy atom. The van der Waals surface area contributed by atoms with Gasteiger partial charge in [0.15, 0.2) is 5.69 Å². The minimum atomic E-state index is -1.87. The smallest absolute Gasteiger partial charge is 0.187 e. The Bertz CT molecular complexity index is 1610. The van der Waals surface area contributed by atoms with Crippen LogP contribution in [0.4, 0.5) is 28.4 Å². The molecule has 0 saturated carbocycles. The van der Waals surface area contributed by atoms with Crippen LogP contribution in [0, 0.1) is 17.9 Å². The number of hydrogen-bond acceptors (Lipinski definition) is 3. The first-order chi connectivity index (χ1) is 19.4. The van der Waals surface area contributed by atoms with Crippen molar-refractivity contribution >= 4 is 41.7 Å². The lowest BCUT2D eigenvalue weighted by Crippen LogP contribution is -2.40. The highest BCUT2D eigenvalue weighted by Crippen LogP contribution is 2.36. The van der Waals surface area contributed by atoms with Crippen molar-refractivity contribution in [2.45, 2.75) is 19.6 Å². The molecule has 0 unspecified atom stereocenters. The van der Waals surface area contributed by atoms with Crippen molar-refractivity contribution in [2.24, 2.45) is 0 Å². The van der Waals surface area contributed by atoms with Crippen LogP contribution in [0.1, 0.15) is 5.56 Å². The highest BCUT2D eigenvalue weighted by Gasteiger charge is 2.26. The normalized spacial score (nSPS) is 10.8. The number of hydrogen-bond donors (Lipinski definition) is 2. The molecule has 0 spiro atoms. The fourth-order valence-electron chi connectivity index (χ4n) is 5.02. The van der Waals surface area contributed by atoms with Crippen LogP contribution in [0.3, 0.4) is 0 Å². The van der Waals surface area contributed by atoms with Crippen LogP contribution in [-0.4, -0.2) is 8.07 Å². The van der Waals surface area contributed by atoms with Gasteiger partial charge in [0.1, 0.15) is 0 Å². The molecule has 0 saturated heterocycles. The number of nitrogens with zero attached hydrogens (tertiary/aromatic N) is 2. The minimum Gasteiger partial charge on any atom is -0.355 e. The first-order valence-electron chi connectivity index (χ1n) is 13.2. The molecule has 0 aliphatic rings. The van der Waals surface area contributed by atoms with Crippen LogP contribution in [0.25, 0.3) is 27.1 Å². The molecule has 5 heteroatoms. The molecular formula is C35H30N4Si. The van der Waals surface area contributed by atoms with E-state index in [0.717, 1.165) is 33.9 Å². The quantitative estimate of drug-likeness (QED) is 0.161. The predicted molar refractivity (Wildman–Crippen MR) is 171 cm³/mol. The summed E-state index contributed by atoms with van der Waals surface area (Å²) >= 11 is 0. The van der Waals surface area contributed by atoms with E-state index in [-0.39, 0.29) is 0 Å². The van der Waals surface area contributed by atoms with Gasteiger partial charge in [-0.2, -0.15) is 5.26 Å². The van der Waals surface area contributed by atoms with Crippen molar-refractivity contribution in [3.8, 4) is 28.3 Å². The molecule has 0 radical (unpaired) electrons. The van der Waals surface area contributed by atoms with Crippen molar-refractivity contribution in [3.05, 3.63) is 132 Å². The number of para-hydroxylation sites is 2. The van der Waals surface area contributed by atoms with Gasteiger partial charge in [-0.15, -0.1) is 0 Å². The Kier molecular flexibility index (Phi) is 7.51. The third kappa shape index (κ3) is 5.66. The lowest BCUT2D eigenvalue weighted by Gasteiger charge is -2.27. The van der Waals surface area contributed by atoms with Crippen LogP contribution < -0.4 is 15.8 Å². The summed E-state index contributed by atoms with van der Waals surface area (Å²) in [5, 5.41) is 17.7. The van der Waals surface area contributed by atoms with E-state index in [2.05, 4.69) is 95.8 Å². The molecule has 2 N–H and O–H groups in total. The first kappa shape index (κ1) is 26.5. The van der Waals surface area contributed by atoms with Gasteiger partial charge in [0.2, 0.25) is 0 Å². The van der Waals surface area contributed by atoms with Crippen LogP contribution in [0.2, 0.25) is 19.6 Å². The summed E-state index contributed by atoms with van der Waals surface area (Å²) in [5.41, 5.74) is 9.95. The molecule has 0 fully saturated rings. The second-order valence-electron chi connectivity index (χ2n) is 10.7.